The molecule has 2 atom stereocenters. The fourth-order valence-corrected chi connectivity index (χ4v) is 3.89. The Morgan fingerprint density at radius 2 is 2.18 bits per heavy atom. The van der Waals surface area contributed by atoms with E-state index < -0.39 is 28.1 Å². The van der Waals surface area contributed by atoms with Crippen LogP contribution in [-0.2, 0) is 14.8 Å². The molecule has 1 fully saturated rings. The van der Waals surface area contributed by atoms with E-state index in [-0.39, 0.29) is 5.75 Å². The summed E-state index contributed by atoms with van der Waals surface area (Å²) in [5.41, 5.74) is 0. The second-order valence-electron chi connectivity index (χ2n) is 4.29. The SMILES string of the molecule is CCCCS(=O)(=O)N1CCNC(C(=O)O)C1C. The zero-order valence-electron chi connectivity index (χ0n) is 10.2. The van der Waals surface area contributed by atoms with Crippen molar-refractivity contribution in [2.45, 2.75) is 38.8 Å². The lowest BCUT2D eigenvalue weighted by atomic mass is 10.1. The van der Waals surface area contributed by atoms with E-state index in [1.54, 1.807) is 6.92 Å². The molecule has 0 radical (unpaired) electrons. The number of unbranched alkanes of at least 4 members (excludes halogenated alkanes) is 1. The third-order valence-electron chi connectivity index (χ3n) is 3.01. The molecule has 1 aliphatic heterocycles. The smallest absolute Gasteiger partial charge is 0.322 e. The summed E-state index contributed by atoms with van der Waals surface area (Å²) in [5, 5.41) is 11.8. The number of aliphatic carboxylic acids is 1. The van der Waals surface area contributed by atoms with Crippen LogP contribution >= 0.6 is 0 Å². The Balaban J connectivity index is 2.79. The number of sulfonamides is 1. The summed E-state index contributed by atoms with van der Waals surface area (Å²) >= 11 is 0. The van der Waals surface area contributed by atoms with E-state index in [1.807, 2.05) is 6.92 Å². The van der Waals surface area contributed by atoms with Crippen LogP contribution in [0.3, 0.4) is 0 Å². The number of carbonyl (C=O) groups is 1. The molecule has 1 aliphatic rings. The summed E-state index contributed by atoms with van der Waals surface area (Å²) in [6.45, 7) is 4.29. The van der Waals surface area contributed by atoms with Gasteiger partial charge in [0.05, 0.1) is 5.75 Å². The minimum absolute atomic E-state index is 0.0974. The van der Waals surface area contributed by atoms with E-state index in [4.69, 9.17) is 5.11 Å². The van der Waals surface area contributed by atoms with E-state index in [9.17, 15) is 13.2 Å². The highest BCUT2D eigenvalue weighted by atomic mass is 32.2. The normalized spacial score (nSPS) is 26.9. The van der Waals surface area contributed by atoms with Gasteiger partial charge in [0.1, 0.15) is 6.04 Å². The van der Waals surface area contributed by atoms with Crippen LogP contribution in [0.15, 0.2) is 0 Å². The van der Waals surface area contributed by atoms with E-state index >= 15 is 0 Å². The van der Waals surface area contributed by atoms with Gasteiger partial charge in [0.15, 0.2) is 0 Å². The molecule has 2 N–H and O–H groups in total. The molecule has 0 amide bonds. The quantitative estimate of drug-likeness (QED) is 0.722. The van der Waals surface area contributed by atoms with Gasteiger partial charge in [-0.1, -0.05) is 13.3 Å². The molecule has 100 valence electrons. The van der Waals surface area contributed by atoms with Crippen LogP contribution in [0.1, 0.15) is 26.7 Å². The van der Waals surface area contributed by atoms with Crippen LogP contribution in [0, 0.1) is 0 Å². The van der Waals surface area contributed by atoms with Gasteiger partial charge < -0.3 is 10.4 Å². The minimum Gasteiger partial charge on any atom is -0.480 e. The second kappa shape index (κ2) is 5.79. The maximum absolute atomic E-state index is 12.0. The van der Waals surface area contributed by atoms with Crippen molar-refractivity contribution in [2.24, 2.45) is 0 Å². The second-order valence-corrected chi connectivity index (χ2v) is 6.33. The Labute approximate surface area is 102 Å². The Kier molecular flexibility index (Phi) is 4.91. The monoisotopic (exact) mass is 264 g/mol. The zero-order valence-corrected chi connectivity index (χ0v) is 11.0. The van der Waals surface area contributed by atoms with Crippen molar-refractivity contribution in [3.05, 3.63) is 0 Å². The fraction of sp³-hybridized carbons (Fsp3) is 0.900. The lowest BCUT2D eigenvalue weighted by molar-refractivity contribution is -0.141. The first-order valence-electron chi connectivity index (χ1n) is 5.86. The van der Waals surface area contributed by atoms with E-state index in [1.165, 1.54) is 4.31 Å². The van der Waals surface area contributed by atoms with Gasteiger partial charge in [-0.3, -0.25) is 4.79 Å². The van der Waals surface area contributed by atoms with E-state index in [0.29, 0.717) is 19.5 Å². The summed E-state index contributed by atoms with van der Waals surface area (Å²) in [5.74, 6) is -0.909. The lowest BCUT2D eigenvalue weighted by Crippen LogP contribution is -2.61. The summed E-state index contributed by atoms with van der Waals surface area (Å²) < 4.78 is 25.4. The van der Waals surface area contributed by atoms with Gasteiger partial charge in [0, 0.05) is 19.1 Å². The number of hydrogen-bond donors (Lipinski definition) is 2. The standard InChI is InChI=1S/C10H20N2O4S/c1-3-4-7-17(15,16)12-6-5-11-9(8(12)2)10(13)14/h8-9,11H,3-7H2,1-2H3,(H,13,14). The minimum atomic E-state index is -3.33. The summed E-state index contributed by atoms with van der Waals surface area (Å²) in [7, 11) is -3.33. The van der Waals surface area contributed by atoms with Crippen LogP contribution < -0.4 is 5.32 Å². The Morgan fingerprint density at radius 3 is 2.71 bits per heavy atom. The molecular formula is C10H20N2O4S. The zero-order chi connectivity index (χ0) is 13.1. The molecule has 1 rings (SSSR count). The highest BCUT2D eigenvalue weighted by Crippen LogP contribution is 2.15. The average molecular weight is 264 g/mol. The first kappa shape index (κ1) is 14.4. The van der Waals surface area contributed by atoms with Crippen LogP contribution in [0.4, 0.5) is 0 Å². The lowest BCUT2D eigenvalue weighted by Gasteiger charge is -2.37. The Morgan fingerprint density at radius 1 is 1.53 bits per heavy atom. The molecule has 0 aromatic heterocycles. The number of nitrogens with zero attached hydrogens (tertiary/aromatic N) is 1. The number of carboxylic acid groups (broad SMARTS) is 1. The Hall–Kier alpha value is -0.660. The van der Waals surface area contributed by atoms with Crippen molar-refractivity contribution in [1.82, 2.24) is 9.62 Å². The molecule has 0 saturated carbocycles. The molecule has 0 bridgehead atoms. The van der Waals surface area contributed by atoms with E-state index in [2.05, 4.69) is 5.32 Å². The van der Waals surface area contributed by atoms with Gasteiger partial charge in [0.25, 0.3) is 0 Å². The molecule has 7 heteroatoms. The van der Waals surface area contributed by atoms with Gasteiger partial charge in [-0.2, -0.15) is 4.31 Å². The molecule has 2 unspecified atom stereocenters. The van der Waals surface area contributed by atoms with Crippen molar-refractivity contribution >= 4 is 16.0 Å². The molecule has 1 heterocycles. The summed E-state index contributed by atoms with van der Waals surface area (Å²) in [6, 6.07) is -1.36. The summed E-state index contributed by atoms with van der Waals surface area (Å²) in [4.78, 5) is 11.0. The molecule has 1 saturated heterocycles. The number of rotatable bonds is 5. The molecule has 0 aromatic carbocycles. The van der Waals surface area contributed by atoms with Crippen molar-refractivity contribution in [3.8, 4) is 0 Å². The third-order valence-corrected chi connectivity index (χ3v) is 5.05. The summed E-state index contributed by atoms with van der Waals surface area (Å²) in [6.07, 6.45) is 1.42. The molecule has 0 aromatic rings. The molecule has 6 nitrogen and oxygen atoms in total. The van der Waals surface area contributed by atoms with Crippen LogP contribution in [0.2, 0.25) is 0 Å². The first-order chi connectivity index (χ1) is 7.90. The topological polar surface area (TPSA) is 86.7 Å². The predicted octanol–water partition coefficient (Wildman–Crippen LogP) is -0.137. The number of nitrogens with one attached hydrogen (secondary N) is 1. The third kappa shape index (κ3) is 3.40. The first-order valence-corrected chi connectivity index (χ1v) is 7.46. The highest BCUT2D eigenvalue weighted by molar-refractivity contribution is 7.89. The van der Waals surface area contributed by atoms with Crippen LogP contribution in [-0.4, -0.2) is 54.7 Å². The fourth-order valence-electron chi connectivity index (χ4n) is 2.00. The maximum atomic E-state index is 12.0. The van der Waals surface area contributed by atoms with Crippen LogP contribution in [0.25, 0.3) is 0 Å². The van der Waals surface area contributed by atoms with Crippen molar-refractivity contribution in [3.63, 3.8) is 0 Å². The average Bonchev–Trinajstić information content (AvgIpc) is 2.26. The highest BCUT2D eigenvalue weighted by Gasteiger charge is 2.38. The van der Waals surface area contributed by atoms with Crippen molar-refractivity contribution < 1.29 is 18.3 Å². The van der Waals surface area contributed by atoms with Crippen LogP contribution in [0.5, 0.6) is 0 Å². The van der Waals surface area contributed by atoms with Crippen molar-refractivity contribution in [2.75, 3.05) is 18.8 Å². The molecule has 17 heavy (non-hydrogen) atoms. The van der Waals surface area contributed by atoms with Gasteiger partial charge in [0.2, 0.25) is 10.0 Å². The number of carboxylic acids is 1. The molecule has 0 spiro atoms. The molecular weight excluding hydrogens is 244 g/mol. The maximum Gasteiger partial charge on any atom is 0.322 e. The largest absolute Gasteiger partial charge is 0.480 e. The van der Waals surface area contributed by atoms with E-state index in [0.717, 1.165) is 6.42 Å². The van der Waals surface area contributed by atoms with Gasteiger partial charge >= 0.3 is 5.97 Å². The van der Waals surface area contributed by atoms with Gasteiger partial charge in [-0.05, 0) is 13.3 Å². The number of hydrogen-bond acceptors (Lipinski definition) is 4. The van der Waals surface area contributed by atoms with Crippen molar-refractivity contribution in [1.29, 1.82) is 0 Å². The Bertz CT molecular complexity index is 369. The molecule has 0 aliphatic carbocycles. The van der Waals surface area contributed by atoms with Gasteiger partial charge in [-0.15, -0.1) is 0 Å². The van der Waals surface area contributed by atoms with Gasteiger partial charge in [-0.25, -0.2) is 8.42 Å². The predicted molar refractivity (Wildman–Crippen MR) is 64.3 cm³/mol. The number of piperazine rings is 1.